The molecule has 0 bridgehead atoms. The van der Waals surface area contributed by atoms with Gasteiger partial charge in [0.1, 0.15) is 18.7 Å². The number of nitrogens with one attached hydrogen (secondary N) is 1. The Bertz CT molecular complexity index is 1300. The highest BCUT2D eigenvalue weighted by atomic mass is 16.6. The third-order valence-corrected chi connectivity index (χ3v) is 7.05. The number of benzene rings is 3. The molecule has 0 spiro atoms. The van der Waals surface area contributed by atoms with Crippen molar-refractivity contribution in [2.45, 2.75) is 64.3 Å². The predicted molar refractivity (Wildman–Crippen MR) is 149 cm³/mol. The first-order valence-electron chi connectivity index (χ1n) is 13.2. The summed E-state index contributed by atoms with van der Waals surface area (Å²) in [5.74, 6) is -0.972. The van der Waals surface area contributed by atoms with Crippen molar-refractivity contribution in [3.05, 3.63) is 107 Å². The Morgan fingerprint density at radius 1 is 0.897 bits per heavy atom. The van der Waals surface area contributed by atoms with E-state index in [1.807, 2.05) is 78.9 Å². The van der Waals surface area contributed by atoms with Gasteiger partial charge in [-0.15, -0.1) is 0 Å². The molecule has 0 saturated heterocycles. The fourth-order valence-electron chi connectivity index (χ4n) is 4.73. The van der Waals surface area contributed by atoms with Crippen LogP contribution >= 0.6 is 0 Å². The third kappa shape index (κ3) is 7.05. The van der Waals surface area contributed by atoms with Crippen LogP contribution in [0.5, 0.6) is 0 Å². The number of carbonyl (C=O) groups is 3. The zero-order chi connectivity index (χ0) is 28.0. The van der Waals surface area contributed by atoms with Crippen LogP contribution in [0.4, 0.5) is 4.79 Å². The maximum Gasteiger partial charge on any atom is 0.411 e. The lowest BCUT2D eigenvalue weighted by molar-refractivity contribution is -0.145. The van der Waals surface area contributed by atoms with Gasteiger partial charge in [-0.1, -0.05) is 99.6 Å². The normalized spacial score (nSPS) is 15.6. The van der Waals surface area contributed by atoms with Gasteiger partial charge >= 0.3 is 12.1 Å². The highest BCUT2D eigenvalue weighted by molar-refractivity contribution is 5.90. The number of hydrogen-bond acceptors (Lipinski definition) is 5. The number of nitrogens with zero attached hydrogens (tertiary/aromatic N) is 1. The summed E-state index contributed by atoms with van der Waals surface area (Å²) in [7, 11) is 1.30. The maximum absolute atomic E-state index is 13.6. The smallest absolute Gasteiger partial charge is 0.411 e. The number of methoxy groups -OCH3 is 1. The molecule has 0 unspecified atom stereocenters. The molecule has 0 saturated carbocycles. The minimum atomic E-state index is -0.901. The largest absolute Gasteiger partial charge is 0.467 e. The lowest BCUT2D eigenvalue weighted by atomic mass is 9.86. The van der Waals surface area contributed by atoms with Crippen molar-refractivity contribution in [1.82, 2.24) is 10.2 Å². The Hall–Kier alpha value is -4.13. The molecule has 7 heteroatoms. The Morgan fingerprint density at radius 3 is 2.18 bits per heavy atom. The van der Waals surface area contributed by atoms with Gasteiger partial charge in [0.2, 0.25) is 5.91 Å². The molecule has 0 fully saturated rings. The number of carbonyl (C=O) groups excluding carboxylic acids is 3. The lowest BCUT2D eigenvalue weighted by Crippen LogP contribution is -2.56. The summed E-state index contributed by atoms with van der Waals surface area (Å²) in [6.45, 7) is 6.75. The highest BCUT2D eigenvalue weighted by Gasteiger charge is 2.37. The van der Waals surface area contributed by atoms with Gasteiger partial charge in [-0.2, -0.15) is 0 Å². The average Bonchev–Trinajstić information content (AvgIpc) is 2.94. The fraction of sp³-hybridized carbons (Fsp3) is 0.344. The first-order valence-corrected chi connectivity index (χ1v) is 13.2. The molecular formula is C32H36N2O5. The minimum Gasteiger partial charge on any atom is -0.467 e. The van der Waals surface area contributed by atoms with Crippen molar-refractivity contribution in [3.8, 4) is 0 Å². The van der Waals surface area contributed by atoms with E-state index in [9.17, 15) is 14.4 Å². The first kappa shape index (κ1) is 27.9. The zero-order valence-electron chi connectivity index (χ0n) is 23.0. The van der Waals surface area contributed by atoms with Crippen LogP contribution in [0.2, 0.25) is 0 Å². The fourth-order valence-corrected chi connectivity index (χ4v) is 4.73. The summed E-state index contributed by atoms with van der Waals surface area (Å²) in [6.07, 6.45) is 0.00203. The molecule has 7 nitrogen and oxygen atoms in total. The SMILES string of the molecule is COC(=O)[C@@H](Cc1ccc(C(C)(C)C)cc1)NC(=O)[C@@H]1Cc2ccccc2CN1C(=O)OCc1ccccc1. The van der Waals surface area contributed by atoms with Gasteiger partial charge in [0.25, 0.3) is 0 Å². The number of esters is 1. The van der Waals surface area contributed by atoms with Crippen molar-refractivity contribution >= 4 is 18.0 Å². The standard InChI is InChI=1S/C32H36N2O5/c1-32(2,3)26-16-14-22(15-17-26)18-27(30(36)38-4)33-29(35)28-19-24-12-8-9-13-25(24)20-34(28)31(37)39-21-23-10-6-5-7-11-23/h5-17,27-28H,18-21H2,1-4H3,(H,33,35)/t27-,28+/m1/s1. The van der Waals surface area contributed by atoms with Crippen LogP contribution in [0, 0.1) is 0 Å². The summed E-state index contributed by atoms with van der Waals surface area (Å²) in [6, 6.07) is 23.4. The van der Waals surface area contributed by atoms with Gasteiger partial charge in [-0.3, -0.25) is 9.69 Å². The van der Waals surface area contributed by atoms with Gasteiger partial charge in [-0.25, -0.2) is 9.59 Å². The Morgan fingerprint density at radius 2 is 1.54 bits per heavy atom. The van der Waals surface area contributed by atoms with Crippen LogP contribution in [0.25, 0.3) is 0 Å². The number of rotatable bonds is 7. The molecule has 2 atom stereocenters. The van der Waals surface area contributed by atoms with Gasteiger partial charge < -0.3 is 14.8 Å². The van der Waals surface area contributed by atoms with E-state index in [4.69, 9.17) is 9.47 Å². The number of ether oxygens (including phenoxy) is 2. The molecule has 1 heterocycles. The summed E-state index contributed by atoms with van der Waals surface area (Å²) in [4.78, 5) is 41.0. The third-order valence-electron chi connectivity index (χ3n) is 7.05. The average molecular weight is 529 g/mol. The molecule has 204 valence electrons. The molecule has 1 aliphatic heterocycles. The molecule has 2 amide bonds. The van der Waals surface area contributed by atoms with E-state index in [1.54, 1.807) is 0 Å². The van der Waals surface area contributed by atoms with Crippen LogP contribution in [0.3, 0.4) is 0 Å². The van der Waals surface area contributed by atoms with Crippen molar-refractivity contribution in [2.24, 2.45) is 0 Å². The summed E-state index contributed by atoms with van der Waals surface area (Å²) in [5, 5.41) is 2.86. The molecule has 0 aromatic heterocycles. The van der Waals surface area contributed by atoms with E-state index in [-0.39, 0.29) is 25.0 Å². The van der Waals surface area contributed by atoms with Crippen LogP contribution in [-0.2, 0) is 50.5 Å². The van der Waals surface area contributed by atoms with E-state index in [0.29, 0.717) is 6.42 Å². The Balaban J connectivity index is 1.52. The first-order chi connectivity index (χ1) is 18.7. The molecule has 3 aromatic rings. The number of amides is 2. The summed E-state index contributed by atoms with van der Waals surface area (Å²) in [5.41, 5.74) is 4.87. The van der Waals surface area contributed by atoms with E-state index < -0.39 is 30.1 Å². The van der Waals surface area contributed by atoms with E-state index in [1.165, 1.54) is 17.6 Å². The van der Waals surface area contributed by atoms with Crippen molar-refractivity contribution in [1.29, 1.82) is 0 Å². The second kappa shape index (κ2) is 12.2. The van der Waals surface area contributed by atoms with Crippen LogP contribution in [0.15, 0.2) is 78.9 Å². The summed E-state index contributed by atoms with van der Waals surface area (Å²) < 4.78 is 10.6. The molecule has 4 rings (SSSR count). The molecule has 39 heavy (non-hydrogen) atoms. The maximum atomic E-state index is 13.6. The molecule has 1 N–H and O–H groups in total. The second-order valence-corrected chi connectivity index (χ2v) is 10.9. The number of fused-ring (bicyclic) bond motifs is 1. The molecule has 3 aromatic carbocycles. The van der Waals surface area contributed by atoms with Crippen LogP contribution < -0.4 is 5.32 Å². The highest BCUT2D eigenvalue weighted by Crippen LogP contribution is 2.25. The quantitative estimate of drug-likeness (QED) is 0.439. The molecule has 1 aliphatic rings. The van der Waals surface area contributed by atoms with Gasteiger partial charge in [0, 0.05) is 12.8 Å². The Kier molecular flexibility index (Phi) is 8.69. The molecule has 0 aliphatic carbocycles. The van der Waals surface area contributed by atoms with Crippen molar-refractivity contribution < 1.29 is 23.9 Å². The van der Waals surface area contributed by atoms with Gasteiger partial charge in [0.15, 0.2) is 0 Å². The zero-order valence-corrected chi connectivity index (χ0v) is 23.0. The monoisotopic (exact) mass is 528 g/mol. The summed E-state index contributed by atoms with van der Waals surface area (Å²) >= 11 is 0. The van der Waals surface area contributed by atoms with E-state index >= 15 is 0 Å². The minimum absolute atomic E-state index is 0.00431. The van der Waals surface area contributed by atoms with Crippen molar-refractivity contribution in [2.75, 3.05) is 7.11 Å². The molecule has 0 radical (unpaired) electrons. The second-order valence-electron chi connectivity index (χ2n) is 10.9. The topological polar surface area (TPSA) is 84.9 Å². The van der Waals surface area contributed by atoms with E-state index in [0.717, 1.165) is 22.3 Å². The van der Waals surface area contributed by atoms with Crippen LogP contribution in [0.1, 0.15) is 48.6 Å². The predicted octanol–water partition coefficient (Wildman–Crippen LogP) is 4.95. The van der Waals surface area contributed by atoms with Crippen LogP contribution in [-0.4, -0.2) is 42.1 Å². The van der Waals surface area contributed by atoms with E-state index in [2.05, 4.69) is 26.1 Å². The van der Waals surface area contributed by atoms with Gasteiger partial charge in [0.05, 0.1) is 13.7 Å². The Labute approximate surface area is 230 Å². The lowest BCUT2D eigenvalue weighted by Gasteiger charge is -2.35. The molecular weight excluding hydrogens is 492 g/mol. The van der Waals surface area contributed by atoms with Gasteiger partial charge in [-0.05, 0) is 33.2 Å². The van der Waals surface area contributed by atoms with Crippen molar-refractivity contribution in [3.63, 3.8) is 0 Å². The number of hydrogen-bond donors (Lipinski definition) is 1.